The van der Waals surface area contributed by atoms with Crippen LogP contribution in [0.1, 0.15) is 63.0 Å². The van der Waals surface area contributed by atoms with Gasteiger partial charge in [-0.2, -0.15) is 0 Å². The summed E-state index contributed by atoms with van der Waals surface area (Å²) in [6, 6.07) is 7.89. The summed E-state index contributed by atoms with van der Waals surface area (Å²) >= 11 is 0. The molecule has 0 unspecified atom stereocenters. The molecular formula is C25H34N2O4. The molecule has 4 aliphatic carbocycles. The fourth-order valence-corrected chi connectivity index (χ4v) is 6.20. The average Bonchev–Trinajstić information content (AvgIpc) is 2.72. The fraction of sp³-hybridized carbons (Fsp3) is 0.640. The van der Waals surface area contributed by atoms with Crippen LogP contribution in [0.15, 0.2) is 24.3 Å². The normalized spacial score (nSPS) is 29.3. The SMILES string of the molecule is Cc1ccc(CNC(=O)[C@H](C)OC(=O)CCNC(=O)C23CC4CC(CC(C4)C2)C3)cc1. The highest BCUT2D eigenvalue weighted by Crippen LogP contribution is 2.60. The van der Waals surface area contributed by atoms with Crippen LogP contribution < -0.4 is 10.6 Å². The molecule has 2 amide bonds. The van der Waals surface area contributed by atoms with Crippen molar-refractivity contribution in [1.29, 1.82) is 0 Å². The molecule has 6 heteroatoms. The van der Waals surface area contributed by atoms with E-state index in [0.717, 1.165) is 30.4 Å². The Morgan fingerprint density at radius 3 is 2.16 bits per heavy atom. The number of hydrogen-bond acceptors (Lipinski definition) is 4. The van der Waals surface area contributed by atoms with Crippen LogP contribution in [0.5, 0.6) is 0 Å². The first kappa shape index (κ1) is 21.8. The summed E-state index contributed by atoms with van der Waals surface area (Å²) in [5.74, 6) is 1.45. The van der Waals surface area contributed by atoms with Gasteiger partial charge in [0.1, 0.15) is 0 Å². The number of carbonyl (C=O) groups is 3. The molecule has 5 rings (SSSR count). The summed E-state index contributed by atoms with van der Waals surface area (Å²) in [5.41, 5.74) is 1.94. The lowest BCUT2D eigenvalue weighted by Gasteiger charge is -2.55. The van der Waals surface area contributed by atoms with Crippen molar-refractivity contribution >= 4 is 17.8 Å². The first-order chi connectivity index (χ1) is 14.8. The van der Waals surface area contributed by atoms with Crippen LogP contribution in [-0.2, 0) is 25.7 Å². The molecule has 168 valence electrons. The van der Waals surface area contributed by atoms with Gasteiger partial charge in [0.05, 0.1) is 6.42 Å². The summed E-state index contributed by atoms with van der Waals surface area (Å²) in [6.45, 7) is 4.23. The van der Waals surface area contributed by atoms with E-state index in [9.17, 15) is 14.4 Å². The minimum absolute atomic E-state index is 0.0771. The Balaban J connectivity index is 1.16. The van der Waals surface area contributed by atoms with E-state index in [0.29, 0.717) is 24.3 Å². The molecule has 0 aliphatic heterocycles. The number of hydrogen-bond donors (Lipinski definition) is 2. The second-order valence-electron chi connectivity index (χ2n) is 10.0. The third kappa shape index (κ3) is 5.10. The van der Waals surface area contributed by atoms with Crippen LogP contribution >= 0.6 is 0 Å². The zero-order valence-corrected chi connectivity index (χ0v) is 18.6. The van der Waals surface area contributed by atoms with Crippen molar-refractivity contribution in [3.05, 3.63) is 35.4 Å². The second kappa shape index (κ2) is 9.01. The average molecular weight is 427 g/mol. The molecule has 0 spiro atoms. The largest absolute Gasteiger partial charge is 0.452 e. The maximum atomic E-state index is 12.9. The van der Waals surface area contributed by atoms with Gasteiger partial charge in [0.2, 0.25) is 5.91 Å². The van der Waals surface area contributed by atoms with Gasteiger partial charge in [-0.05, 0) is 75.7 Å². The second-order valence-corrected chi connectivity index (χ2v) is 10.0. The lowest BCUT2D eigenvalue weighted by molar-refractivity contribution is -0.155. The van der Waals surface area contributed by atoms with E-state index < -0.39 is 12.1 Å². The van der Waals surface area contributed by atoms with E-state index in [1.807, 2.05) is 31.2 Å². The summed E-state index contributed by atoms with van der Waals surface area (Å²) in [5, 5.41) is 5.77. The number of esters is 1. The van der Waals surface area contributed by atoms with Gasteiger partial charge >= 0.3 is 5.97 Å². The van der Waals surface area contributed by atoms with Crippen molar-refractivity contribution < 1.29 is 19.1 Å². The predicted octanol–water partition coefficient (Wildman–Crippen LogP) is 3.27. The molecule has 1 atom stereocenters. The molecule has 1 aromatic rings. The van der Waals surface area contributed by atoms with Crippen LogP contribution in [-0.4, -0.2) is 30.4 Å². The molecule has 31 heavy (non-hydrogen) atoms. The van der Waals surface area contributed by atoms with E-state index in [2.05, 4.69) is 10.6 Å². The lowest BCUT2D eigenvalue weighted by Crippen LogP contribution is -2.53. The molecule has 6 nitrogen and oxygen atoms in total. The highest BCUT2D eigenvalue weighted by molar-refractivity contribution is 5.85. The minimum atomic E-state index is -0.864. The number of carbonyl (C=O) groups excluding carboxylic acids is 3. The zero-order valence-electron chi connectivity index (χ0n) is 18.6. The summed E-state index contributed by atoms with van der Waals surface area (Å²) in [4.78, 5) is 37.3. The van der Waals surface area contributed by atoms with Crippen LogP contribution in [0.25, 0.3) is 0 Å². The molecule has 0 radical (unpaired) electrons. The van der Waals surface area contributed by atoms with Crippen molar-refractivity contribution in [2.45, 2.75) is 71.4 Å². The molecule has 0 heterocycles. The number of aryl methyl sites for hydroxylation is 1. The fourth-order valence-electron chi connectivity index (χ4n) is 6.20. The first-order valence-electron chi connectivity index (χ1n) is 11.6. The van der Waals surface area contributed by atoms with Gasteiger partial charge < -0.3 is 15.4 Å². The Labute approximate surface area is 184 Å². The van der Waals surface area contributed by atoms with Crippen molar-refractivity contribution in [2.75, 3.05) is 6.54 Å². The summed E-state index contributed by atoms with van der Waals surface area (Å²) in [7, 11) is 0. The monoisotopic (exact) mass is 426 g/mol. The van der Waals surface area contributed by atoms with Gasteiger partial charge in [-0.25, -0.2) is 0 Å². The Kier molecular flexibility index (Phi) is 6.35. The molecule has 4 bridgehead atoms. The third-order valence-electron chi connectivity index (χ3n) is 7.40. The Morgan fingerprint density at radius 2 is 1.58 bits per heavy atom. The van der Waals surface area contributed by atoms with E-state index in [1.54, 1.807) is 6.92 Å². The highest BCUT2D eigenvalue weighted by atomic mass is 16.5. The molecule has 4 fully saturated rings. The van der Waals surface area contributed by atoms with Gasteiger partial charge in [0.25, 0.3) is 5.91 Å². The van der Waals surface area contributed by atoms with Crippen molar-refractivity contribution in [1.82, 2.24) is 10.6 Å². The van der Waals surface area contributed by atoms with E-state index >= 15 is 0 Å². The van der Waals surface area contributed by atoms with Gasteiger partial charge in [0.15, 0.2) is 6.10 Å². The number of ether oxygens (including phenoxy) is 1. The molecule has 2 N–H and O–H groups in total. The van der Waals surface area contributed by atoms with Gasteiger partial charge in [-0.1, -0.05) is 29.8 Å². The summed E-state index contributed by atoms with van der Waals surface area (Å²) in [6.07, 6.45) is 6.12. The van der Waals surface area contributed by atoms with Crippen molar-refractivity contribution in [3.8, 4) is 0 Å². The van der Waals surface area contributed by atoms with Crippen LogP contribution in [0, 0.1) is 30.1 Å². The first-order valence-corrected chi connectivity index (χ1v) is 11.6. The molecular weight excluding hydrogens is 392 g/mol. The van der Waals surface area contributed by atoms with E-state index in [-0.39, 0.29) is 30.2 Å². The van der Waals surface area contributed by atoms with Crippen LogP contribution in [0.4, 0.5) is 0 Å². The third-order valence-corrected chi connectivity index (χ3v) is 7.40. The standard InChI is InChI=1S/C25H34N2O4/c1-16-3-5-18(6-4-16)15-27-23(29)17(2)31-22(28)7-8-26-24(30)25-12-19-9-20(13-25)11-21(10-19)14-25/h3-6,17,19-21H,7-15H2,1-2H3,(H,26,30)(H,27,29)/t17-,19?,20?,21?,25?/m0/s1. The number of benzene rings is 1. The predicted molar refractivity (Wildman–Crippen MR) is 117 cm³/mol. The number of nitrogens with one attached hydrogen (secondary N) is 2. The van der Waals surface area contributed by atoms with Crippen molar-refractivity contribution in [3.63, 3.8) is 0 Å². The Bertz CT molecular complexity index is 797. The maximum absolute atomic E-state index is 12.9. The van der Waals surface area contributed by atoms with Gasteiger partial charge in [-0.15, -0.1) is 0 Å². The lowest BCUT2D eigenvalue weighted by atomic mass is 9.49. The molecule has 1 aromatic carbocycles. The minimum Gasteiger partial charge on any atom is -0.452 e. The van der Waals surface area contributed by atoms with Gasteiger partial charge in [-0.3, -0.25) is 14.4 Å². The zero-order chi connectivity index (χ0) is 22.0. The molecule has 4 aliphatic rings. The van der Waals surface area contributed by atoms with E-state index in [1.165, 1.54) is 19.3 Å². The molecule has 0 aromatic heterocycles. The number of rotatable bonds is 8. The molecule has 4 saturated carbocycles. The molecule has 0 saturated heterocycles. The van der Waals surface area contributed by atoms with E-state index in [4.69, 9.17) is 4.74 Å². The van der Waals surface area contributed by atoms with Gasteiger partial charge in [0, 0.05) is 18.5 Å². The number of amides is 2. The summed E-state index contributed by atoms with van der Waals surface area (Å²) < 4.78 is 5.25. The van der Waals surface area contributed by atoms with Crippen molar-refractivity contribution in [2.24, 2.45) is 23.2 Å². The highest BCUT2D eigenvalue weighted by Gasteiger charge is 2.54. The Morgan fingerprint density at radius 1 is 1.00 bits per heavy atom. The Hall–Kier alpha value is -2.37. The topological polar surface area (TPSA) is 84.5 Å². The maximum Gasteiger partial charge on any atom is 0.308 e. The smallest absolute Gasteiger partial charge is 0.308 e. The van der Waals surface area contributed by atoms with Crippen LogP contribution in [0.2, 0.25) is 0 Å². The quantitative estimate of drug-likeness (QED) is 0.625. The van der Waals surface area contributed by atoms with Crippen LogP contribution in [0.3, 0.4) is 0 Å².